The number of hydrogen-bond acceptors (Lipinski definition) is 5. The van der Waals surface area contributed by atoms with Crippen LogP contribution >= 0.6 is 27.3 Å². The van der Waals surface area contributed by atoms with Crippen LogP contribution in [-0.2, 0) is 16.6 Å². The van der Waals surface area contributed by atoms with E-state index < -0.39 is 10.0 Å². The molecule has 1 aromatic heterocycles. The fraction of sp³-hybridized carbons (Fsp3) is 0.692. The van der Waals surface area contributed by atoms with Crippen LogP contribution in [0.4, 0.5) is 0 Å². The van der Waals surface area contributed by atoms with Crippen LogP contribution < -0.4 is 5.32 Å². The van der Waals surface area contributed by atoms with Crippen LogP contribution in [-0.4, -0.2) is 57.4 Å². The first-order chi connectivity index (χ1) is 9.90. The fourth-order valence-corrected chi connectivity index (χ4v) is 6.66. The highest BCUT2D eigenvalue weighted by atomic mass is 79.9. The SMILES string of the molecule is CCC1CN(S(=O)(=O)c2cc(CNC)sc2Br)CCN1C. The molecule has 0 bridgehead atoms. The molecule has 0 radical (unpaired) electrons. The zero-order valence-corrected chi connectivity index (χ0v) is 15.8. The summed E-state index contributed by atoms with van der Waals surface area (Å²) in [4.78, 5) is 3.66. The smallest absolute Gasteiger partial charge is 0.245 e. The number of rotatable bonds is 5. The summed E-state index contributed by atoms with van der Waals surface area (Å²) >= 11 is 4.88. The van der Waals surface area contributed by atoms with Crippen molar-refractivity contribution in [2.24, 2.45) is 0 Å². The Bertz CT molecular complexity index is 588. The first-order valence-corrected chi connectivity index (χ1v) is 10.1. The van der Waals surface area contributed by atoms with Crippen LogP contribution in [0.5, 0.6) is 0 Å². The van der Waals surface area contributed by atoms with Crippen molar-refractivity contribution in [1.29, 1.82) is 0 Å². The molecule has 1 N–H and O–H groups in total. The molecule has 0 aromatic carbocycles. The van der Waals surface area contributed by atoms with Gasteiger partial charge in [0.05, 0.1) is 3.79 Å². The Morgan fingerprint density at radius 1 is 1.48 bits per heavy atom. The largest absolute Gasteiger partial charge is 0.315 e. The van der Waals surface area contributed by atoms with Crippen LogP contribution in [0.2, 0.25) is 0 Å². The molecule has 0 aliphatic carbocycles. The van der Waals surface area contributed by atoms with E-state index in [9.17, 15) is 8.42 Å². The van der Waals surface area contributed by atoms with Gasteiger partial charge >= 0.3 is 0 Å². The number of piperazine rings is 1. The number of thiophene rings is 1. The maximum atomic E-state index is 12.9. The summed E-state index contributed by atoms with van der Waals surface area (Å²) in [6.45, 7) is 4.68. The topological polar surface area (TPSA) is 52.7 Å². The molecule has 21 heavy (non-hydrogen) atoms. The van der Waals surface area contributed by atoms with Gasteiger partial charge in [-0.05, 0) is 42.5 Å². The third kappa shape index (κ3) is 3.68. The minimum atomic E-state index is -3.41. The van der Waals surface area contributed by atoms with Gasteiger partial charge in [0, 0.05) is 37.1 Å². The average molecular weight is 396 g/mol. The van der Waals surface area contributed by atoms with Gasteiger partial charge in [0.25, 0.3) is 0 Å². The van der Waals surface area contributed by atoms with Gasteiger partial charge in [-0.1, -0.05) is 6.92 Å². The van der Waals surface area contributed by atoms with Crippen molar-refractivity contribution in [2.75, 3.05) is 33.7 Å². The van der Waals surface area contributed by atoms with E-state index in [0.717, 1.165) is 17.8 Å². The third-order valence-electron chi connectivity index (χ3n) is 3.89. The molecule has 1 unspecified atom stereocenters. The molecule has 0 saturated carbocycles. The van der Waals surface area contributed by atoms with Crippen molar-refractivity contribution < 1.29 is 8.42 Å². The summed E-state index contributed by atoms with van der Waals surface area (Å²) in [5, 5.41) is 3.05. The van der Waals surface area contributed by atoms with E-state index in [4.69, 9.17) is 0 Å². The lowest BCUT2D eigenvalue weighted by Gasteiger charge is -2.38. The number of nitrogens with one attached hydrogen (secondary N) is 1. The summed E-state index contributed by atoms with van der Waals surface area (Å²) < 4.78 is 28.0. The maximum absolute atomic E-state index is 12.9. The summed E-state index contributed by atoms with van der Waals surface area (Å²) in [6.07, 6.45) is 0.957. The van der Waals surface area contributed by atoms with E-state index in [1.807, 2.05) is 7.05 Å². The monoisotopic (exact) mass is 395 g/mol. The van der Waals surface area contributed by atoms with E-state index in [1.54, 1.807) is 10.4 Å². The summed E-state index contributed by atoms with van der Waals surface area (Å²) in [6, 6.07) is 2.07. The van der Waals surface area contributed by atoms with Crippen molar-refractivity contribution in [1.82, 2.24) is 14.5 Å². The molecule has 2 heterocycles. The van der Waals surface area contributed by atoms with Gasteiger partial charge in [-0.2, -0.15) is 4.31 Å². The second-order valence-electron chi connectivity index (χ2n) is 5.29. The van der Waals surface area contributed by atoms with Crippen molar-refractivity contribution in [3.63, 3.8) is 0 Å². The van der Waals surface area contributed by atoms with Crippen molar-refractivity contribution in [3.8, 4) is 0 Å². The molecule has 8 heteroatoms. The predicted molar refractivity (Wildman–Crippen MR) is 90.3 cm³/mol. The Labute approximate surface area is 139 Å². The summed E-state index contributed by atoms with van der Waals surface area (Å²) in [5.41, 5.74) is 0. The van der Waals surface area contributed by atoms with Crippen LogP contribution in [0.25, 0.3) is 0 Å². The van der Waals surface area contributed by atoms with Gasteiger partial charge in [-0.25, -0.2) is 8.42 Å². The molecular weight excluding hydrogens is 374 g/mol. The molecule has 2 rings (SSSR count). The number of hydrogen-bond donors (Lipinski definition) is 1. The van der Waals surface area contributed by atoms with Gasteiger partial charge < -0.3 is 10.2 Å². The van der Waals surface area contributed by atoms with E-state index in [-0.39, 0.29) is 0 Å². The van der Waals surface area contributed by atoms with Crippen LogP contribution in [0.15, 0.2) is 14.7 Å². The first-order valence-electron chi connectivity index (χ1n) is 7.03. The van der Waals surface area contributed by atoms with Crippen molar-refractivity contribution in [3.05, 3.63) is 14.7 Å². The minimum Gasteiger partial charge on any atom is -0.315 e. The molecule has 1 aliphatic heterocycles. The minimum absolute atomic E-state index is 0.294. The lowest BCUT2D eigenvalue weighted by molar-refractivity contribution is 0.144. The molecular formula is C13H22BrN3O2S2. The fourth-order valence-electron chi connectivity index (χ4n) is 2.55. The molecule has 1 aromatic rings. The molecule has 1 saturated heterocycles. The highest BCUT2D eigenvalue weighted by Gasteiger charge is 2.33. The van der Waals surface area contributed by atoms with E-state index in [1.165, 1.54) is 11.3 Å². The number of likely N-dealkylation sites (N-methyl/N-ethyl adjacent to an activating group) is 1. The van der Waals surface area contributed by atoms with E-state index in [0.29, 0.717) is 34.4 Å². The molecule has 0 spiro atoms. The lowest BCUT2D eigenvalue weighted by Crippen LogP contribution is -2.52. The summed E-state index contributed by atoms with van der Waals surface area (Å²) in [7, 11) is 0.500. The van der Waals surface area contributed by atoms with Crippen molar-refractivity contribution >= 4 is 37.3 Å². The van der Waals surface area contributed by atoms with Crippen LogP contribution in [0, 0.1) is 0 Å². The predicted octanol–water partition coefficient (Wildman–Crippen LogP) is 1.94. The van der Waals surface area contributed by atoms with E-state index in [2.05, 4.69) is 40.1 Å². The quantitative estimate of drug-likeness (QED) is 0.827. The highest BCUT2D eigenvalue weighted by Crippen LogP contribution is 2.34. The normalized spacial score (nSPS) is 21.8. The van der Waals surface area contributed by atoms with Gasteiger partial charge in [0.2, 0.25) is 10.0 Å². The van der Waals surface area contributed by atoms with Crippen LogP contribution in [0.1, 0.15) is 18.2 Å². The number of sulfonamides is 1. The average Bonchev–Trinajstić information content (AvgIpc) is 2.81. The van der Waals surface area contributed by atoms with Crippen molar-refractivity contribution in [2.45, 2.75) is 30.8 Å². The highest BCUT2D eigenvalue weighted by molar-refractivity contribution is 9.11. The lowest BCUT2D eigenvalue weighted by atomic mass is 10.1. The Kier molecular flexibility index (Phi) is 5.84. The first kappa shape index (κ1) is 17.4. The van der Waals surface area contributed by atoms with Gasteiger partial charge in [0.1, 0.15) is 4.90 Å². The molecule has 1 atom stereocenters. The Balaban J connectivity index is 2.25. The Morgan fingerprint density at radius 3 is 2.81 bits per heavy atom. The van der Waals surface area contributed by atoms with Gasteiger partial charge in [-0.15, -0.1) is 11.3 Å². The second-order valence-corrected chi connectivity index (χ2v) is 9.65. The van der Waals surface area contributed by atoms with Gasteiger partial charge in [0.15, 0.2) is 0 Å². The molecule has 0 amide bonds. The molecule has 120 valence electrons. The zero-order chi connectivity index (χ0) is 15.6. The number of halogens is 1. The Morgan fingerprint density at radius 2 is 2.19 bits per heavy atom. The van der Waals surface area contributed by atoms with Crippen LogP contribution in [0.3, 0.4) is 0 Å². The Hall–Kier alpha value is 0.01000. The molecule has 1 fully saturated rings. The maximum Gasteiger partial charge on any atom is 0.245 e. The molecule has 1 aliphatic rings. The zero-order valence-electron chi connectivity index (χ0n) is 12.6. The van der Waals surface area contributed by atoms with E-state index >= 15 is 0 Å². The second kappa shape index (κ2) is 7.06. The number of nitrogens with zero attached hydrogens (tertiary/aromatic N) is 2. The molecule has 5 nitrogen and oxygen atoms in total. The standard InChI is InChI=1S/C13H22BrN3O2S2/c1-4-10-9-17(6-5-16(10)3)21(18,19)12-7-11(8-15-2)20-13(12)14/h7,10,15H,4-6,8-9H2,1-3H3. The summed E-state index contributed by atoms with van der Waals surface area (Å²) in [5.74, 6) is 0. The van der Waals surface area contributed by atoms with Gasteiger partial charge in [-0.3, -0.25) is 0 Å². The third-order valence-corrected chi connectivity index (χ3v) is 8.00.